The molecular formula is C20H28N6O. The van der Waals surface area contributed by atoms with Crippen molar-refractivity contribution < 1.29 is 5.11 Å². The van der Waals surface area contributed by atoms with E-state index in [1.807, 2.05) is 12.1 Å². The molecule has 27 heavy (non-hydrogen) atoms. The molecule has 2 aromatic rings. The highest BCUT2D eigenvalue weighted by molar-refractivity contribution is 5.59. The van der Waals surface area contributed by atoms with Gasteiger partial charge in [0.1, 0.15) is 5.82 Å². The van der Waals surface area contributed by atoms with Crippen molar-refractivity contribution in [3.63, 3.8) is 0 Å². The number of aliphatic hydroxyl groups is 1. The van der Waals surface area contributed by atoms with Crippen LogP contribution < -0.4 is 10.6 Å². The van der Waals surface area contributed by atoms with Crippen molar-refractivity contribution in [1.29, 1.82) is 0 Å². The van der Waals surface area contributed by atoms with Crippen LogP contribution in [0.2, 0.25) is 0 Å². The zero-order valence-corrected chi connectivity index (χ0v) is 15.7. The molecule has 0 radical (unpaired) electrons. The summed E-state index contributed by atoms with van der Waals surface area (Å²) in [5.41, 5.74) is 3.03. The second-order valence-corrected chi connectivity index (χ2v) is 7.42. The molecule has 1 unspecified atom stereocenters. The predicted octanol–water partition coefficient (Wildman–Crippen LogP) is 1.79. The van der Waals surface area contributed by atoms with Crippen LogP contribution in [0.1, 0.15) is 36.9 Å². The fourth-order valence-corrected chi connectivity index (χ4v) is 3.83. The first-order valence-electron chi connectivity index (χ1n) is 9.95. The van der Waals surface area contributed by atoms with Gasteiger partial charge in [0.2, 0.25) is 0 Å². The quantitative estimate of drug-likeness (QED) is 0.717. The number of aliphatic hydroxyl groups excluding tert-OH is 1. The van der Waals surface area contributed by atoms with Crippen molar-refractivity contribution in [2.45, 2.75) is 44.9 Å². The number of rotatable bonds is 6. The Balaban J connectivity index is 1.44. The second-order valence-electron chi connectivity index (χ2n) is 7.42. The van der Waals surface area contributed by atoms with E-state index in [4.69, 9.17) is 9.97 Å². The van der Waals surface area contributed by atoms with Crippen molar-refractivity contribution in [1.82, 2.24) is 25.2 Å². The molecule has 2 aliphatic heterocycles. The molecular weight excluding hydrogens is 340 g/mol. The van der Waals surface area contributed by atoms with E-state index in [1.165, 1.54) is 25.7 Å². The number of likely N-dealkylation sites (tertiary alicyclic amines) is 1. The maximum atomic E-state index is 10.5. The molecule has 7 heteroatoms. The van der Waals surface area contributed by atoms with Crippen molar-refractivity contribution in [2.75, 3.05) is 31.5 Å². The SMILES string of the molecule is OC(CNc1nc(-c2cccnc2)nc2c1CNC2)CN1CCCCCC1. The number of β-amino-alcohol motifs (C(OH)–C–C–N with tert-alkyl or cyclic N) is 1. The lowest BCUT2D eigenvalue weighted by molar-refractivity contribution is 0.124. The molecule has 4 heterocycles. The van der Waals surface area contributed by atoms with E-state index in [0.29, 0.717) is 18.9 Å². The van der Waals surface area contributed by atoms with Crippen LogP contribution in [-0.4, -0.2) is 57.2 Å². The molecule has 144 valence electrons. The number of hydrogen-bond donors (Lipinski definition) is 3. The van der Waals surface area contributed by atoms with Gasteiger partial charge in [-0.25, -0.2) is 9.97 Å². The smallest absolute Gasteiger partial charge is 0.163 e. The van der Waals surface area contributed by atoms with Crippen LogP contribution >= 0.6 is 0 Å². The minimum Gasteiger partial charge on any atom is -0.390 e. The number of anilines is 1. The lowest BCUT2D eigenvalue weighted by Crippen LogP contribution is -2.36. The summed E-state index contributed by atoms with van der Waals surface area (Å²) in [4.78, 5) is 16.0. The van der Waals surface area contributed by atoms with Crippen LogP contribution in [0.15, 0.2) is 24.5 Å². The van der Waals surface area contributed by atoms with E-state index in [-0.39, 0.29) is 0 Å². The van der Waals surface area contributed by atoms with Gasteiger partial charge in [0.25, 0.3) is 0 Å². The summed E-state index contributed by atoms with van der Waals surface area (Å²) in [6.45, 7) is 4.90. The lowest BCUT2D eigenvalue weighted by atomic mass is 10.2. The first-order chi connectivity index (χ1) is 13.3. The van der Waals surface area contributed by atoms with Gasteiger partial charge in [0.05, 0.1) is 11.8 Å². The molecule has 0 aliphatic carbocycles. The molecule has 0 bridgehead atoms. The Kier molecular flexibility index (Phi) is 5.91. The Morgan fingerprint density at radius 2 is 2.00 bits per heavy atom. The Labute approximate surface area is 160 Å². The predicted molar refractivity (Wildman–Crippen MR) is 105 cm³/mol. The zero-order valence-electron chi connectivity index (χ0n) is 15.7. The van der Waals surface area contributed by atoms with E-state index in [2.05, 4.69) is 20.5 Å². The molecule has 0 spiro atoms. The standard InChI is InChI=1S/C20H28N6O/c27-16(14-26-8-3-1-2-4-9-26)11-23-20-17-12-22-13-18(17)24-19(25-20)15-6-5-7-21-10-15/h5-7,10,16,22,27H,1-4,8-9,11-14H2,(H,23,24,25). The molecule has 4 rings (SSSR count). The van der Waals surface area contributed by atoms with Gasteiger partial charge in [-0.05, 0) is 38.1 Å². The highest BCUT2D eigenvalue weighted by Gasteiger charge is 2.21. The summed E-state index contributed by atoms with van der Waals surface area (Å²) in [6, 6.07) is 3.86. The van der Waals surface area contributed by atoms with Crippen molar-refractivity contribution in [3.05, 3.63) is 35.8 Å². The van der Waals surface area contributed by atoms with Crippen LogP contribution in [-0.2, 0) is 13.1 Å². The van der Waals surface area contributed by atoms with E-state index in [9.17, 15) is 5.11 Å². The van der Waals surface area contributed by atoms with Crippen LogP contribution in [0.3, 0.4) is 0 Å². The number of fused-ring (bicyclic) bond motifs is 1. The third kappa shape index (κ3) is 4.61. The van der Waals surface area contributed by atoms with Gasteiger partial charge in [-0.15, -0.1) is 0 Å². The second kappa shape index (κ2) is 8.73. The summed E-state index contributed by atoms with van der Waals surface area (Å²) in [5, 5.41) is 17.2. The van der Waals surface area contributed by atoms with Crippen molar-refractivity contribution in [3.8, 4) is 11.4 Å². The Morgan fingerprint density at radius 3 is 2.78 bits per heavy atom. The molecule has 1 fully saturated rings. The third-order valence-electron chi connectivity index (χ3n) is 5.28. The van der Waals surface area contributed by atoms with E-state index < -0.39 is 6.10 Å². The third-order valence-corrected chi connectivity index (χ3v) is 5.28. The Hall–Kier alpha value is -2.09. The zero-order chi connectivity index (χ0) is 18.5. The summed E-state index contributed by atoms with van der Waals surface area (Å²) in [5.74, 6) is 1.49. The fourth-order valence-electron chi connectivity index (χ4n) is 3.83. The summed E-state index contributed by atoms with van der Waals surface area (Å²) >= 11 is 0. The van der Waals surface area contributed by atoms with E-state index in [0.717, 1.165) is 48.8 Å². The molecule has 3 N–H and O–H groups in total. The average Bonchev–Trinajstić information content (AvgIpc) is 3.03. The first kappa shape index (κ1) is 18.3. The van der Waals surface area contributed by atoms with Gasteiger partial charge in [-0.2, -0.15) is 0 Å². The number of hydrogen-bond acceptors (Lipinski definition) is 7. The maximum Gasteiger partial charge on any atom is 0.163 e. The fraction of sp³-hybridized carbons (Fsp3) is 0.550. The topological polar surface area (TPSA) is 86.2 Å². The molecule has 1 saturated heterocycles. The lowest BCUT2D eigenvalue weighted by Gasteiger charge is -2.23. The van der Waals surface area contributed by atoms with Gasteiger partial charge in [-0.3, -0.25) is 4.98 Å². The minimum absolute atomic E-state index is 0.412. The normalized spacial score (nSPS) is 18.7. The molecule has 2 aliphatic rings. The summed E-state index contributed by atoms with van der Waals surface area (Å²) < 4.78 is 0. The van der Waals surface area contributed by atoms with Crippen molar-refractivity contribution >= 4 is 5.82 Å². The Bertz CT molecular complexity index is 746. The van der Waals surface area contributed by atoms with Crippen molar-refractivity contribution in [2.24, 2.45) is 0 Å². The summed E-state index contributed by atoms with van der Waals surface area (Å²) in [7, 11) is 0. The number of nitrogens with zero attached hydrogens (tertiary/aromatic N) is 4. The average molecular weight is 368 g/mol. The van der Waals surface area contributed by atoms with Crippen LogP contribution in [0.4, 0.5) is 5.82 Å². The number of nitrogens with one attached hydrogen (secondary N) is 2. The van der Waals surface area contributed by atoms with Gasteiger partial charge in [-0.1, -0.05) is 12.8 Å². The van der Waals surface area contributed by atoms with Crippen LogP contribution in [0.25, 0.3) is 11.4 Å². The number of pyridine rings is 1. The van der Waals surface area contributed by atoms with Gasteiger partial charge in [0.15, 0.2) is 5.82 Å². The van der Waals surface area contributed by atoms with Crippen LogP contribution in [0, 0.1) is 0 Å². The molecule has 7 nitrogen and oxygen atoms in total. The minimum atomic E-state index is -0.412. The van der Waals surface area contributed by atoms with Crippen LogP contribution in [0.5, 0.6) is 0 Å². The number of aromatic nitrogens is 3. The molecule has 1 atom stereocenters. The van der Waals surface area contributed by atoms with Gasteiger partial charge >= 0.3 is 0 Å². The molecule has 0 saturated carbocycles. The van der Waals surface area contributed by atoms with E-state index >= 15 is 0 Å². The maximum absolute atomic E-state index is 10.5. The highest BCUT2D eigenvalue weighted by Crippen LogP contribution is 2.25. The molecule has 0 aromatic carbocycles. The molecule has 2 aromatic heterocycles. The molecule has 0 amide bonds. The highest BCUT2D eigenvalue weighted by atomic mass is 16.3. The van der Waals surface area contributed by atoms with Gasteiger partial charge < -0.3 is 20.6 Å². The Morgan fingerprint density at radius 1 is 1.15 bits per heavy atom. The van der Waals surface area contributed by atoms with E-state index in [1.54, 1.807) is 12.4 Å². The van der Waals surface area contributed by atoms with Gasteiger partial charge in [0, 0.05) is 49.7 Å². The first-order valence-corrected chi connectivity index (χ1v) is 9.95. The summed E-state index contributed by atoms with van der Waals surface area (Å²) in [6.07, 6.45) is 8.20. The monoisotopic (exact) mass is 368 g/mol. The largest absolute Gasteiger partial charge is 0.390 e.